The molecule has 0 aromatic heterocycles. The van der Waals surface area contributed by atoms with Crippen molar-refractivity contribution >= 4 is 17.7 Å². The number of ether oxygens (including phenoxy) is 1. The highest BCUT2D eigenvalue weighted by atomic mass is 32.2. The summed E-state index contributed by atoms with van der Waals surface area (Å²) in [6.45, 7) is 1.88. The Morgan fingerprint density at radius 2 is 1.84 bits per heavy atom. The first-order chi connectivity index (χ1) is 9.10. The van der Waals surface area contributed by atoms with Gasteiger partial charge in [-0.3, -0.25) is 0 Å². The molecule has 0 saturated carbocycles. The molecule has 0 unspecified atom stereocenters. The summed E-state index contributed by atoms with van der Waals surface area (Å²) >= 11 is 1.43. The van der Waals surface area contributed by atoms with Crippen LogP contribution in [0.2, 0.25) is 0 Å². The van der Waals surface area contributed by atoms with Gasteiger partial charge >= 0.3 is 5.97 Å². The number of carbonyl (C=O) groups is 1. The molecule has 0 atom stereocenters. The standard InChI is InChI=1S/C15H14O3S/c1-10-3-8-14(13(9-10)15(16)17)19-12-6-4-11(18-2)5-7-12/h3-9H,1-2H3,(H,16,17). The van der Waals surface area contributed by atoms with Gasteiger partial charge in [-0.15, -0.1) is 0 Å². The van der Waals surface area contributed by atoms with Gasteiger partial charge in [0.15, 0.2) is 0 Å². The molecular formula is C15H14O3S. The van der Waals surface area contributed by atoms with Gasteiger partial charge in [0.25, 0.3) is 0 Å². The van der Waals surface area contributed by atoms with Crippen molar-refractivity contribution in [1.29, 1.82) is 0 Å². The molecule has 0 amide bonds. The Labute approximate surface area is 116 Å². The third-order valence-electron chi connectivity index (χ3n) is 2.65. The lowest BCUT2D eigenvalue weighted by molar-refractivity contribution is 0.0693. The SMILES string of the molecule is COc1ccc(Sc2ccc(C)cc2C(=O)O)cc1. The smallest absolute Gasteiger partial charge is 0.336 e. The van der Waals surface area contributed by atoms with Gasteiger partial charge in [0.1, 0.15) is 5.75 Å². The van der Waals surface area contributed by atoms with E-state index in [-0.39, 0.29) is 0 Å². The number of hydrogen-bond donors (Lipinski definition) is 1. The molecule has 19 heavy (non-hydrogen) atoms. The lowest BCUT2D eigenvalue weighted by atomic mass is 10.1. The third kappa shape index (κ3) is 3.29. The van der Waals surface area contributed by atoms with Crippen molar-refractivity contribution in [1.82, 2.24) is 0 Å². The Morgan fingerprint density at radius 1 is 1.16 bits per heavy atom. The quantitative estimate of drug-likeness (QED) is 0.919. The zero-order valence-electron chi connectivity index (χ0n) is 10.7. The number of aryl methyl sites for hydroxylation is 1. The Bertz CT molecular complexity index is 591. The third-order valence-corrected chi connectivity index (χ3v) is 3.74. The summed E-state index contributed by atoms with van der Waals surface area (Å²) in [5.41, 5.74) is 1.28. The van der Waals surface area contributed by atoms with Crippen molar-refractivity contribution < 1.29 is 14.6 Å². The van der Waals surface area contributed by atoms with Crippen molar-refractivity contribution in [3.63, 3.8) is 0 Å². The molecule has 3 nitrogen and oxygen atoms in total. The average Bonchev–Trinajstić information content (AvgIpc) is 2.41. The topological polar surface area (TPSA) is 46.5 Å². The van der Waals surface area contributed by atoms with Gasteiger partial charge in [0, 0.05) is 9.79 Å². The molecule has 0 aliphatic rings. The van der Waals surface area contributed by atoms with E-state index in [1.165, 1.54) is 11.8 Å². The number of hydrogen-bond acceptors (Lipinski definition) is 3. The molecule has 0 aliphatic heterocycles. The molecule has 0 spiro atoms. The van der Waals surface area contributed by atoms with Crippen LogP contribution in [0, 0.1) is 6.92 Å². The van der Waals surface area contributed by atoms with Crippen LogP contribution in [-0.2, 0) is 0 Å². The summed E-state index contributed by atoms with van der Waals surface area (Å²) in [5.74, 6) is -0.119. The van der Waals surface area contributed by atoms with E-state index in [1.807, 2.05) is 43.3 Å². The number of aromatic carboxylic acids is 1. The number of carboxylic acids is 1. The van der Waals surface area contributed by atoms with Crippen molar-refractivity contribution in [2.24, 2.45) is 0 Å². The van der Waals surface area contributed by atoms with E-state index in [0.29, 0.717) is 5.56 Å². The van der Waals surface area contributed by atoms with Gasteiger partial charge in [-0.1, -0.05) is 23.4 Å². The second-order valence-electron chi connectivity index (χ2n) is 4.08. The lowest BCUT2D eigenvalue weighted by Crippen LogP contribution is -1.99. The predicted molar refractivity (Wildman–Crippen MR) is 75.3 cm³/mol. The maximum absolute atomic E-state index is 11.2. The van der Waals surface area contributed by atoms with E-state index in [1.54, 1.807) is 13.2 Å². The van der Waals surface area contributed by atoms with Crippen LogP contribution in [0.25, 0.3) is 0 Å². The second-order valence-corrected chi connectivity index (χ2v) is 5.20. The van der Waals surface area contributed by atoms with Crippen LogP contribution < -0.4 is 4.74 Å². The molecule has 2 rings (SSSR count). The van der Waals surface area contributed by atoms with Gasteiger partial charge < -0.3 is 9.84 Å². The molecule has 0 bridgehead atoms. The Morgan fingerprint density at radius 3 is 2.42 bits per heavy atom. The van der Waals surface area contributed by atoms with Gasteiger partial charge in [-0.2, -0.15) is 0 Å². The van der Waals surface area contributed by atoms with Crippen LogP contribution in [0.4, 0.5) is 0 Å². The Hall–Kier alpha value is -1.94. The number of benzene rings is 2. The van der Waals surface area contributed by atoms with Gasteiger partial charge in [-0.25, -0.2) is 4.79 Å². The number of rotatable bonds is 4. The van der Waals surface area contributed by atoms with Crippen LogP contribution in [0.15, 0.2) is 52.3 Å². The summed E-state index contributed by atoms with van der Waals surface area (Å²) in [7, 11) is 1.62. The largest absolute Gasteiger partial charge is 0.497 e. The maximum atomic E-state index is 11.2. The van der Waals surface area contributed by atoms with Gasteiger partial charge in [0.05, 0.1) is 12.7 Å². The molecule has 0 fully saturated rings. The van der Waals surface area contributed by atoms with Crippen LogP contribution in [0.1, 0.15) is 15.9 Å². The zero-order chi connectivity index (χ0) is 13.8. The predicted octanol–water partition coefficient (Wildman–Crippen LogP) is 3.85. The van der Waals surface area contributed by atoms with Crippen molar-refractivity contribution in [2.45, 2.75) is 16.7 Å². The van der Waals surface area contributed by atoms with Crippen molar-refractivity contribution in [3.05, 3.63) is 53.6 Å². The molecule has 0 aliphatic carbocycles. The van der Waals surface area contributed by atoms with Crippen LogP contribution in [-0.4, -0.2) is 18.2 Å². The molecule has 2 aromatic carbocycles. The van der Waals surface area contributed by atoms with Crippen molar-refractivity contribution in [2.75, 3.05) is 7.11 Å². The highest BCUT2D eigenvalue weighted by molar-refractivity contribution is 7.99. The number of methoxy groups -OCH3 is 1. The molecule has 1 N–H and O–H groups in total. The summed E-state index contributed by atoms with van der Waals surface area (Å²) in [6.07, 6.45) is 0. The molecular weight excluding hydrogens is 260 g/mol. The van der Waals surface area contributed by atoms with E-state index in [4.69, 9.17) is 4.74 Å². The molecule has 0 heterocycles. The van der Waals surface area contributed by atoms with E-state index >= 15 is 0 Å². The highest BCUT2D eigenvalue weighted by Gasteiger charge is 2.11. The number of carboxylic acid groups (broad SMARTS) is 1. The summed E-state index contributed by atoms with van der Waals surface area (Å²) in [5, 5.41) is 9.22. The summed E-state index contributed by atoms with van der Waals surface area (Å²) < 4.78 is 5.09. The first-order valence-electron chi connectivity index (χ1n) is 5.76. The molecule has 98 valence electrons. The fourth-order valence-corrected chi connectivity index (χ4v) is 2.59. The monoisotopic (exact) mass is 274 g/mol. The van der Waals surface area contributed by atoms with E-state index in [0.717, 1.165) is 21.1 Å². The van der Waals surface area contributed by atoms with Crippen molar-refractivity contribution in [3.8, 4) is 5.75 Å². The van der Waals surface area contributed by atoms with Crippen LogP contribution in [0.3, 0.4) is 0 Å². The normalized spacial score (nSPS) is 10.2. The fraction of sp³-hybridized carbons (Fsp3) is 0.133. The molecule has 2 aromatic rings. The lowest BCUT2D eigenvalue weighted by Gasteiger charge is -2.07. The Kier molecular flexibility index (Phi) is 4.12. The van der Waals surface area contributed by atoms with E-state index in [9.17, 15) is 9.90 Å². The van der Waals surface area contributed by atoms with E-state index < -0.39 is 5.97 Å². The molecule has 0 radical (unpaired) electrons. The first kappa shape index (κ1) is 13.5. The zero-order valence-corrected chi connectivity index (χ0v) is 11.5. The highest BCUT2D eigenvalue weighted by Crippen LogP contribution is 2.32. The first-order valence-corrected chi connectivity index (χ1v) is 6.57. The fourth-order valence-electron chi connectivity index (χ4n) is 1.67. The minimum atomic E-state index is -0.903. The maximum Gasteiger partial charge on any atom is 0.336 e. The van der Waals surface area contributed by atoms with Crippen LogP contribution in [0.5, 0.6) is 5.75 Å². The van der Waals surface area contributed by atoms with Gasteiger partial charge in [0.2, 0.25) is 0 Å². The van der Waals surface area contributed by atoms with Gasteiger partial charge in [-0.05, 0) is 43.3 Å². The molecule has 4 heteroatoms. The summed E-state index contributed by atoms with van der Waals surface area (Å²) in [4.78, 5) is 12.9. The molecule has 0 saturated heterocycles. The summed E-state index contributed by atoms with van der Waals surface area (Å²) in [6, 6.07) is 13.0. The Balaban J connectivity index is 2.29. The second kappa shape index (κ2) is 5.80. The average molecular weight is 274 g/mol. The minimum Gasteiger partial charge on any atom is -0.497 e. The van der Waals surface area contributed by atoms with Crippen LogP contribution >= 0.6 is 11.8 Å². The minimum absolute atomic E-state index is 0.334. The van der Waals surface area contributed by atoms with E-state index in [2.05, 4.69) is 0 Å².